The first kappa shape index (κ1) is 24.9. The van der Waals surface area contributed by atoms with Gasteiger partial charge in [-0.25, -0.2) is 4.98 Å². The SMILES string of the molecule is CCOc1cc(N2CC(O)=C(c3nc4ccc(C)cc4[nH]3)C2=N)c(OCC)cc1NC(=O)c1ccccc1. The highest BCUT2D eigenvalue weighted by atomic mass is 16.5. The maximum absolute atomic E-state index is 12.9. The number of nitrogens with one attached hydrogen (secondary N) is 3. The van der Waals surface area contributed by atoms with Crippen LogP contribution in [0.25, 0.3) is 16.6 Å². The zero-order valence-corrected chi connectivity index (χ0v) is 21.5. The second-order valence-corrected chi connectivity index (χ2v) is 8.86. The molecule has 0 bridgehead atoms. The number of carbonyl (C=O) groups is 1. The van der Waals surface area contributed by atoms with E-state index in [4.69, 9.17) is 14.9 Å². The monoisotopic (exact) mass is 511 g/mol. The fourth-order valence-electron chi connectivity index (χ4n) is 4.46. The molecule has 0 unspecified atom stereocenters. The van der Waals surface area contributed by atoms with Crippen molar-refractivity contribution < 1.29 is 19.4 Å². The van der Waals surface area contributed by atoms with Crippen LogP contribution < -0.4 is 19.7 Å². The highest BCUT2D eigenvalue weighted by molar-refractivity contribution is 6.30. The van der Waals surface area contributed by atoms with Gasteiger partial charge in [-0.1, -0.05) is 24.3 Å². The maximum atomic E-state index is 12.9. The van der Waals surface area contributed by atoms with Crippen molar-refractivity contribution in [3.8, 4) is 11.5 Å². The summed E-state index contributed by atoms with van der Waals surface area (Å²) in [6, 6.07) is 18.2. The number of H-pyrrole nitrogens is 1. The molecule has 1 aromatic heterocycles. The molecule has 1 aliphatic rings. The fourth-order valence-corrected chi connectivity index (χ4v) is 4.46. The van der Waals surface area contributed by atoms with Crippen LogP contribution in [0.4, 0.5) is 11.4 Å². The lowest BCUT2D eigenvalue weighted by molar-refractivity contribution is 0.102. The van der Waals surface area contributed by atoms with Crippen LogP contribution in [0.1, 0.15) is 35.6 Å². The molecule has 0 fully saturated rings. The van der Waals surface area contributed by atoms with E-state index in [9.17, 15) is 9.90 Å². The average molecular weight is 512 g/mol. The van der Waals surface area contributed by atoms with E-state index >= 15 is 0 Å². The van der Waals surface area contributed by atoms with Crippen molar-refractivity contribution in [1.82, 2.24) is 9.97 Å². The number of imidazole rings is 1. The number of ether oxygens (including phenoxy) is 2. The third kappa shape index (κ3) is 4.66. The number of hydrogen-bond acceptors (Lipinski definition) is 6. The van der Waals surface area contributed by atoms with Gasteiger partial charge in [-0.05, 0) is 50.6 Å². The van der Waals surface area contributed by atoms with E-state index in [0.717, 1.165) is 16.6 Å². The number of amidine groups is 1. The van der Waals surface area contributed by atoms with Crippen LogP contribution in [-0.2, 0) is 0 Å². The van der Waals surface area contributed by atoms with E-state index in [1.807, 2.05) is 45.0 Å². The predicted molar refractivity (Wildman–Crippen MR) is 149 cm³/mol. The zero-order valence-electron chi connectivity index (χ0n) is 21.5. The van der Waals surface area contributed by atoms with Crippen molar-refractivity contribution in [2.75, 3.05) is 30.0 Å². The van der Waals surface area contributed by atoms with Gasteiger partial charge in [0.05, 0.1) is 47.7 Å². The molecule has 4 aromatic rings. The molecule has 1 amide bonds. The predicted octanol–water partition coefficient (Wildman–Crippen LogP) is 5.69. The first-order valence-electron chi connectivity index (χ1n) is 12.4. The molecular formula is C29H29N5O4. The molecule has 0 saturated carbocycles. The Balaban J connectivity index is 1.51. The molecule has 5 rings (SSSR count). The van der Waals surface area contributed by atoms with Crippen molar-refractivity contribution in [2.24, 2.45) is 0 Å². The summed E-state index contributed by atoms with van der Waals surface area (Å²) in [7, 11) is 0. The van der Waals surface area contributed by atoms with Gasteiger partial charge in [0.15, 0.2) is 0 Å². The molecule has 38 heavy (non-hydrogen) atoms. The van der Waals surface area contributed by atoms with Crippen molar-refractivity contribution in [3.05, 3.63) is 83.4 Å². The Morgan fingerprint density at radius 3 is 2.55 bits per heavy atom. The molecule has 0 saturated heterocycles. The Morgan fingerprint density at radius 2 is 1.82 bits per heavy atom. The van der Waals surface area contributed by atoms with Crippen LogP contribution in [0, 0.1) is 12.3 Å². The first-order chi connectivity index (χ1) is 18.4. The van der Waals surface area contributed by atoms with E-state index < -0.39 is 0 Å². The third-order valence-corrected chi connectivity index (χ3v) is 6.21. The number of anilines is 2. The minimum Gasteiger partial charge on any atom is -0.509 e. The van der Waals surface area contributed by atoms with Crippen LogP contribution in [-0.4, -0.2) is 46.6 Å². The van der Waals surface area contributed by atoms with Gasteiger partial charge in [0.25, 0.3) is 5.91 Å². The molecule has 0 atom stereocenters. The van der Waals surface area contributed by atoms with Crippen molar-refractivity contribution in [2.45, 2.75) is 20.8 Å². The van der Waals surface area contributed by atoms with Gasteiger partial charge in [-0.15, -0.1) is 0 Å². The summed E-state index contributed by atoms with van der Waals surface area (Å²) in [5.74, 6) is 1.10. The van der Waals surface area contributed by atoms with E-state index in [-0.39, 0.29) is 24.0 Å². The number of carbonyl (C=O) groups excluding carboxylic acids is 1. The van der Waals surface area contributed by atoms with Gasteiger partial charge in [0, 0.05) is 17.7 Å². The summed E-state index contributed by atoms with van der Waals surface area (Å²) in [4.78, 5) is 22.3. The van der Waals surface area contributed by atoms with Crippen LogP contribution in [0.2, 0.25) is 0 Å². The van der Waals surface area contributed by atoms with E-state index in [1.165, 1.54) is 0 Å². The second-order valence-electron chi connectivity index (χ2n) is 8.86. The molecule has 2 heterocycles. The summed E-state index contributed by atoms with van der Waals surface area (Å²) in [6.07, 6.45) is 0. The zero-order chi connectivity index (χ0) is 26.8. The Bertz CT molecular complexity index is 1560. The Hall–Kier alpha value is -4.79. The van der Waals surface area contributed by atoms with Crippen molar-refractivity contribution >= 4 is 39.7 Å². The molecule has 3 aromatic carbocycles. The molecule has 194 valence electrons. The molecule has 0 spiro atoms. The number of aliphatic hydroxyl groups excluding tert-OH is 1. The van der Waals surface area contributed by atoms with Gasteiger partial charge < -0.3 is 29.8 Å². The molecule has 0 radical (unpaired) electrons. The normalized spacial score (nSPS) is 13.3. The number of aliphatic hydroxyl groups is 1. The summed E-state index contributed by atoms with van der Waals surface area (Å²) in [5.41, 5.74) is 4.48. The average Bonchev–Trinajstić information content (AvgIpc) is 3.44. The highest BCUT2D eigenvalue weighted by Crippen LogP contribution is 2.42. The molecule has 0 aliphatic carbocycles. The summed E-state index contributed by atoms with van der Waals surface area (Å²) < 4.78 is 11.8. The Labute approximate surface area is 220 Å². The topological polar surface area (TPSA) is 124 Å². The third-order valence-electron chi connectivity index (χ3n) is 6.21. The van der Waals surface area contributed by atoms with Gasteiger partial charge in [0.2, 0.25) is 0 Å². The van der Waals surface area contributed by atoms with E-state index in [1.54, 1.807) is 41.3 Å². The van der Waals surface area contributed by atoms with Crippen LogP contribution in [0.3, 0.4) is 0 Å². The summed E-state index contributed by atoms with van der Waals surface area (Å²) in [5, 5.41) is 22.8. The first-order valence-corrected chi connectivity index (χ1v) is 12.4. The number of nitrogens with zero attached hydrogens (tertiary/aromatic N) is 2. The van der Waals surface area contributed by atoms with Gasteiger partial charge in [-0.3, -0.25) is 10.2 Å². The van der Waals surface area contributed by atoms with Crippen LogP contribution in [0.15, 0.2) is 66.4 Å². The molecular weight excluding hydrogens is 482 g/mol. The number of aromatic nitrogens is 2. The molecule has 9 nitrogen and oxygen atoms in total. The van der Waals surface area contributed by atoms with Gasteiger partial charge >= 0.3 is 0 Å². The number of benzene rings is 3. The lowest BCUT2D eigenvalue weighted by atomic mass is 10.1. The number of amides is 1. The smallest absolute Gasteiger partial charge is 0.255 e. The number of fused-ring (bicyclic) bond motifs is 1. The maximum Gasteiger partial charge on any atom is 0.255 e. The van der Waals surface area contributed by atoms with Crippen LogP contribution in [0.5, 0.6) is 11.5 Å². The van der Waals surface area contributed by atoms with Crippen LogP contribution >= 0.6 is 0 Å². The lowest BCUT2D eigenvalue weighted by Gasteiger charge is -2.24. The Kier molecular flexibility index (Phi) is 6.74. The second kappa shape index (κ2) is 10.3. The van der Waals surface area contributed by atoms with E-state index in [0.29, 0.717) is 53.0 Å². The minimum absolute atomic E-state index is 0.0210. The lowest BCUT2D eigenvalue weighted by Crippen LogP contribution is -2.27. The minimum atomic E-state index is -0.280. The van der Waals surface area contributed by atoms with Crippen molar-refractivity contribution in [1.29, 1.82) is 5.41 Å². The molecule has 4 N–H and O–H groups in total. The molecule has 1 aliphatic heterocycles. The summed E-state index contributed by atoms with van der Waals surface area (Å²) >= 11 is 0. The summed E-state index contributed by atoms with van der Waals surface area (Å²) in [6.45, 7) is 6.50. The van der Waals surface area contributed by atoms with Gasteiger partial charge in [0.1, 0.15) is 28.9 Å². The van der Waals surface area contributed by atoms with E-state index in [2.05, 4.69) is 15.3 Å². The number of aryl methyl sites for hydroxylation is 1. The quantitative estimate of drug-likeness (QED) is 0.241. The molecule has 9 heteroatoms. The fraction of sp³-hybridized carbons (Fsp3) is 0.207. The number of rotatable bonds is 8. The number of aromatic amines is 1. The van der Waals surface area contributed by atoms with Gasteiger partial charge in [-0.2, -0.15) is 0 Å². The number of hydrogen-bond donors (Lipinski definition) is 4. The standard InChI is InChI=1S/C29H29N5O4/c1-4-37-24-15-22(25(38-5-2)14-21(24)33-29(36)18-9-7-6-8-10-18)34-16-23(35)26(27(34)30)28-31-19-12-11-17(3)13-20(19)32-28/h6-15,30,35H,4-5,16H2,1-3H3,(H,31,32)(H,33,36). The Morgan fingerprint density at radius 1 is 1.08 bits per heavy atom. The largest absolute Gasteiger partial charge is 0.509 e. The van der Waals surface area contributed by atoms with Crippen molar-refractivity contribution in [3.63, 3.8) is 0 Å². The highest BCUT2D eigenvalue weighted by Gasteiger charge is 2.33.